The average molecular weight is 374 g/mol. The van der Waals surface area contributed by atoms with Crippen LogP contribution < -0.4 is 10.1 Å². The number of nitrogens with zero attached hydrogens (tertiary/aromatic N) is 1. The second kappa shape index (κ2) is 8.62. The summed E-state index contributed by atoms with van der Waals surface area (Å²) in [5, 5.41) is 2.71. The Morgan fingerprint density at radius 1 is 1.19 bits per heavy atom. The Morgan fingerprint density at radius 3 is 2.74 bits per heavy atom. The number of benzene rings is 2. The largest absolute Gasteiger partial charge is 0.434 e. The van der Waals surface area contributed by atoms with Gasteiger partial charge in [-0.2, -0.15) is 8.78 Å². The van der Waals surface area contributed by atoms with Gasteiger partial charge in [0.15, 0.2) is 0 Å². The van der Waals surface area contributed by atoms with Gasteiger partial charge >= 0.3 is 6.61 Å². The fourth-order valence-corrected chi connectivity index (χ4v) is 3.04. The van der Waals surface area contributed by atoms with Crippen LogP contribution in [-0.2, 0) is 17.9 Å². The molecule has 1 aliphatic rings. The number of hydrogen-bond acceptors (Lipinski definition) is 3. The van der Waals surface area contributed by atoms with E-state index in [1.807, 2.05) is 6.07 Å². The number of likely N-dealkylation sites (tertiary alicyclic amines) is 1. The van der Waals surface area contributed by atoms with Crippen molar-refractivity contribution in [3.8, 4) is 5.75 Å². The SMILES string of the molecule is O=C(NCc1ccccc1OC(F)F)c1cccc(CN2CCCC2=O)c1. The van der Waals surface area contributed by atoms with Gasteiger partial charge in [0.05, 0.1) is 0 Å². The van der Waals surface area contributed by atoms with Crippen LogP contribution in [0.5, 0.6) is 5.75 Å². The van der Waals surface area contributed by atoms with Crippen molar-refractivity contribution in [1.29, 1.82) is 0 Å². The number of alkyl halides is 2. The number of nitrogens with one attached hydrogen (secondary N) is 1. The quantitative estimate of drug-likeness (QED) is 0.809. The summed E-state index contributed by atoms with van der Waals surface area (Å²) in [6, 6.07) is 13.4. The lowest BCUT2D eigenvalue weighted by molar-refractivity contribution is -0.128. The maximum absolute atomic E-state index is 12.5. The van der Waals surface area contributed by atoms with Crippen LogP contribution in [0.25, 0.3) is 0 Å². The number of para-hydroxylation sites is 1. The van der Waals surface area contributed by atoms with Gasteiger partial charge in [0.1, 0.15) is 5.75 Å². The summed E-state index contributed by atoms with van der Waals surface area (Å²) in [6.07, 6.45) is 1.43. The maximum Gasteiger partial charge on any atom is 0.387 e. The Bertz CT molecular complexity index is 826. The lowest BCUT2D eigenvalue weighted by atomic mass is 10.1. The number of carbonyl (C=O) groups is 2. The third-order valence-corrected chi connectivity index (χ3v) is 4.36. The average Bonchev–Trinajstić information content (AvgIpc) is 3.05. The first-order chi connectivity index (χ1) is 13.0. The van der Waals surface area contributed by atoms with Gasteiger partial charge in [-0.1, -0.05) is 30.3 Å². The van der Waals surface area contributed by atoms with Crippen molar-refractivity contribution < 1.29 is 23.1 Å². The van der Waals surface area contributed by atoms with Crippen molar-refractivity contribution in [3.63, 3.8) is 0 Å². The van der Waals surface area contributed by atoms with Crippen LogP contribution >= 0.6 is 0 Å². The molecule has 0 aromatic heterocycles. The van der Waals surface area contributed by atoms with Gasteiger partial charge in [-0.25, -0.2) is 0 Å². The summed E-state index contributed by atoms with van der Waals surface area (Å²) < 4.78 is 29.4. The molecule has 0 aliphatic carbocycles. The Labute approximate surface area is 155 Å². The van der Waals surface area contributed by atoms with Gasteiger partial charge in [-0.15, -0.1) is 0 Å². The molecule has 1 heterocycles. The molecule has 2 aromatic rings. The minimum Gasteiger partial charge on any atom is -0.434 e. The van der Waals surface area contributed by atoms with Crippen LogP contribution in [-0.4, -0.2) is 29.9 Å². The Kier molecular flexibility index (Phi) is 6.01. The highest BCUT2D eigenvalue weighted by molar-refractivity contribution is 5.94. The van der Waals surface area contributed by atoms with Crippen LogP contribution in [0.1, 0.15) is 34.3 Å². The Morgan fingerprint density at radius 2 is 2.00 bits per heavy atom. The normalized spacial score (nSPS) is 13.9. The van der Waals surface area contributed by atoms with E-state index < -0.39 is 6.61 Å². The van der Waals surface area contributed by atoms with E-state index in [4.69, 9.17) is 0 Å². The predicted octanol–water partition coefficient (Wildman–Crippen LogP) is 3.34. The number of amides is 2. The van der Waals surface area contributed by atoms with Crippen molar-refractivity contribution in [2.45, 2.75) is 32.5 Å². The van der Waals surface area contributed by atoms with Crippen LogP contribution in [0.4, 0.5) is 8.78 Å². The van der Waals surface area contributed by atoms with Gasteiger partial charge in [0.2, 0.25) is 5.91 Å². The van der Waals surface area contributed by atoms with Crippen LogP contribution in [0.3, 0.4) is 0 Å². The first kappa shape index (κ1) is 18.8. The molecule has 3 rings (SSSR count). The molecule has 27 heavy (non-hydrogen) atoms. The smallest absolute Gasteiger partial charge is 0.387 e. The van der Waals surface area contributed by atoms with Gasteiger partial charge in [-0.05, 0) is 30.2 Å². The van der Waals surface area contributed by atoms with Gasteiger partial charge in [-0.3, -0.25) is 9.59 Å². The van der Waals surface area contributed by atoms with E-state index in [0.717, 1.165) is 18.5 Å². The zero-order chi connectivity index (χ0) is 19.2. The number of rotatable bonds is 7. The van der Waals surface area contributed by atoms with E-state index in [1.54, 1.807) is 41.3 Å². The molecule has 142 valence electrons. The number of halogens is 2. The number of ether oxygens (including phenoxy) is 1. The third-order valence-electron chi connectivity index (χ3n) is 4.36. The molecule has 0 unspecified atom stereocenters. The highest BCUT2D eigenvalue weighted by Gasteiger charge is 2.20. The lowest BCUT2D eigenvalue weighted by Gasteiger charge is -2.16. The van der Waals surface area contributed by atoms with E-state index in [2.05, 4.69) is 10.1 Å². The van der Waals surface area contributed by atoms with Gasteiger partial charge in [0.25, 0.3) is 5.91 Å². The molecular formula is C20H20F2N2O3. The molecule has 0 saturated carbocycles. The third kappa shape index (κ3) is 5.03. The minimum absolute atomic E-state index is 0.0362. The molecule has 2 aromatic carbocycles. The lowest BCUT2D eigenvalue weighted by Crippen LogP contribution is -2.25. The predicted molar refractivity (Wildman–Crippen MR) is 95.3 cm³/mol. The Hall–Kier alpha value is -2.96. The summed E-state index contributed by atoms with van der Waals surface area (Å²) in [5.41, 5.74) is 1.79. The van der Waals surface area contributed by atoms with Crippen molar-refractivity contribution in [1.82, 2.24) is 10.2 Å². The minimum atomic E-state index is -2.92. The molecule has 1 fully saturated rings. The summed E-state index contributed by atoms with van der Waals surface area (Å²) in [7, 11) is 0. The van der Waals surface area contributed by atoms with Crippen molar-refractivity contribution in [2.24, 2.45) is 0 Å². The summed E-state index contributed by atoms with van der Waals surface area (Å²) in [5.74, 6) is -0.161. The number of hydrogen-bond donors (Lipinski definition) is 1. The molecular weight excluding hydrogens is 354 g/mol. The molecule has 0 atom stereocenters. The van der Waals surface area contributed by atoms with E-state index in [-0.39, 0.29) is 24.1 Å². The molecule has 0 spiro atoms. The van der Waals surface area contributed by atoms with Crippen LogP contribution in [0.2, 0.25) is 0 Å². The molecule has 7 heteroatoms. The molecule has 0 radical (unpaired) electrons. The van der Waals surface area contributed by atoms with Crippen molar-refractivity contribution in [2.75, 3.05) is 6.54 Å². The monoisotopic (exact) mass is 374 g/mol. The van der Waals surface area contributed by atoms with Gasteiger partial charge < -0.3 is 15.0 Å². The van der Waals surface area contributed by atoms with E-state index in [1.165, 1.54) is 6.07 Å². The number of carbonyl (C=O) groups excluding carboxylic acids is 2. The molecule has 1 saturated heterocycles. The van der Waals surface area contributed by atoms with Crippen LogP contribution in [0.15, 0.2) is 48.5 Å². The zero-order valence-corrected chi connectivity index (χ0v) is 14.7. The van der Waals surface area contributed by atoms with E-state index in [9.17, 15) is 18.4 Å². The fraction of sp³-hybridized carbons (Fsp3) is 0.300. The maximum atomic E-state index is 12.5. The molecule has 0 bridgehead atoms. The first-order valence-corrected chi connectivity index (χ1v) is 8.70. The highest BCUT2D eigenvalue weighted by Crippen LogP contribution is 2.20. The molecule has 1 aliphatic heterocycles. The second-order valence-electron chi connectivity index (χ2n) is 6.29. The first-order valence-electron chi connectivity index (χ1n) is 8.70. The summed E-state index contributed by atoms with van der Waals surface area (Å²) >= 11 is 0. The highest BCUT2D eigenvalue weighted by atomic mass is 19.3. The molecule has 1 N–H and O–H groups in total. The van der Waals surface area contributed by atoms with Crippen molar-refractivity contribution in [3.05, 3.63) is 65.2 Å². The fourth-order valence-electron chi connectivity index (χ4n) is 3.04. The topological polar surface area (TPSA) is 58.6 Å². The second-order valence-corrected chi connectivity index (χ2v) is 6.29. The Balaban J connectivity index is 1.63. The molecule has 5 nitrogen and oxygen atoms in total. The standard InChI is InChI=1S/C20H20F2N2O3/c21-20(22)27-17-8-2-1-6-16(17)12-23-19(26)15-7-3-5-14(11-15)13-24-10-4-9-18(24)25/h1-3,5-8,11,20H,4,9-10,12-13H2,(H,23,26). The van der Waals surface area contributed by atoms with E-state index >= 15 is 0 Å². The van der Waals surface area contributed by atoms with Gasteiger partial charge in [0, 0.05) is 37.2 Å². The summed E-state index contributed by atoms with van der Waals surface area (Å²) in [4.78, 5) is 25.9. The summed E-state index contributed by atoms with van der Waals surface area (Å²) in [6.45, 7) is -1.65. The molecule has 2 amide bonds. The van der Waals surface area contributed by atoms with Crippen LogP contribution in [0, 0.1) is 0 Å². The van der Waals surface area contributed by atoms with Crippen molar-refractivity contribution >= 4 is 11.8 Å². The van der Waals surface area contributed by atoms with E-state index in [0.29, 0.717) is 24.1 Å². The zero-order valence-electron chi connectivity index (χ0n) is 14.7.